The van der Waals surface area contributed by atoms with E-state index in [1.807, 2.05) is 0 Å². The van der Waals surface area contributed by atoms with Gasteiger partial charge in [-0.3, -0.25) is 5.32 Å². The number of carbonyl (C=O) groups is 1. The highest BCUT2D eigenvalue weighted by atomic mass is 19.1. The molecule has 0 spiro atoms. The van der Waals surface area contributed by atoms with Crippen molar-refractivity contribution in [2.45, 2.75) is 26.4 Å². The van der Waals surface area contributed by atoms with Crippen molar-refractivity contribution in [2.75, 3.05) is 11.1 Å². The number of amides is 1. The Balaban J connectivity index is 2.15. The van der Waals surface area contributed by atoms with Crippen molar-refractivity contribution >= 4 is 17.7 Å². The Bertz CT molecular complexity index is 661. The summed E-state index contributed by atoms with van der Waals surface area (Å²) in [6, 6.07) is 4.22. The molecular weight excluding hydrogens is 275 g/mol. The van der Waals surface area contributed by atoms with Gasteiger partial charge in [-0.25, -0.2) is 14.2 Å². The van der Waals surface area contributed by atoms with Crippen LogP contribution in [0.2, 0.25) is 0 Å². The number of halogens is 1. The van der Waals surface area contributed by atoms with E-state index in [1.54, 1.807) is 20.8 Å². The van der Waals surface area contributed by atoms with Crippen LogP contribution in [0, 0.1) is 5.82 Å². The van der Waals surface area contributed by atoms with Crippen molar-refractivity contribution in [3.8, 4) is 11.3 Å². The van der Waals surface area contributed by atoms with E-state index in [2.05, 4.69) is 15.3 Å². The van der Waals surface area contributed by atoms with Crippen molar-refractivity contribution in [3.05, 3.63) is 30.2 Å². The zero-order chi connectivity index (χ0) is 15.6. The fraction of sp³-hybridized carbons (Fsp3) is 0.286. The predicted octanol–water partition coefficient (Wildman–Crippen LogP) is 3.15. The van der Waals surface area contributed by atoms with Crippen molar-refractivity contribution < 1.29 is 13.9 Å². The molecule has 0 bridgehead atoms. The minimum atomic E-state index is -0.642. The molecule has 0 radical (unpaired) electrons. The molecule has 0 saturated heterocycles. The number of carbonyl (C=O) groups excluding carboxylic acids is 1. The summed E-state index contributed by atoms with van der Waals surface area (Å²) in [5.74, 6) is -0.266. The van der Waals surface area contributed by atoms with Gasteiger partial charge >= 0.3 is 6.09 Å². The third-order valence-electron chi connectivity index (χ3n) is 2.48. The summed E-state index contributed by atoms with van der Waals surface area (Å²) < 4.78 is 18.8. The first-order valence-corrected chi connectivity index (χ1v) is 6.35. The van der Waals surface area contributed by atoms with E-state index in [0.717, 1.165) is 0 Å². The minimum Gasteiger partial charge on any atom is -0.444 e. The number of imidazole rings is 1. The lowest BCUT2D eigenvalue weighted by molar-refractivity contribution is 0.0635. The first-order valence-electron chi connectivity index (χ1n) is 6.35. The molecule has 0 fully saturated rings. The molecular formula is C14H17FN4O2. The Morgan fingerprint density at radius 3 is 2.81 bits per heavy atom. The Kier molecular flexibility index (Phi) is 3.84. The zero-order valence-electron chi connectivity index (χ0n) is 12.0. The molecule has 112 valence electrons. The quantitative estimate of drug-likeness (QED) is 0.741. The second kappa shape index (κ2) is 5.43. The third-order valence-corrected chi connectivity index (χ3v) is 2.48. The minimum absolute atomic E-state index is 0.168. The van der Waals surface area contributed by atoms with Gasteiger partial charge in [0.15, 0.2) is 0 Å². The molecule has 0 saturated carbocycles. The van der Waals surface area contributed by atoms with Crippen molar-refractivity contribution in [1.29, 1.82) is 0 Å². The Morgan fingerprint density at radius 2 is 2.14 bits per heavy atom. The number of aromatic amines is 1. The number of H-pyrrole nitrogens is 1. The van der Waals surface area contributed by atoms with Gasteiger partial charge in [0.05, 0.1) is 11.9 Å². The van der Waals surface area contributed by atoms with Crippen LogP contribution in [0.4, 0.5) is 20.8 Å². The fourth-order valence-electron chi connectivity index (χ4n) is 1.67. The number of nitrogen functional groups attached to an aromatic ring is 1. The SMILES string of the molecule is CC(C)(C)OC(=O)Nc1ncc(-c2cc(N)ccc2F)[nH]1. The highest BCUT2D eigenvalue weighted by molar-refractivity contribution is 5.83. The molecule has 0 aliphatic carbocycles. The topological polar surface area (TPSA) is 93.0 Å². The van der Waals surface area contributed by atoms with Crippen LogP contribution < -0.4 is 11.1 Å². The Morgan fingerprint density at radius 1 is 1.43 bits per heavy atom. The van der Waals surface area contributed by atoms with E-state index in [-0.39, 0.29) is 11.5 Å². The van der Waals surface area contributed by atoms with Gasteiger partial charge in [0.25, 0.3) is 0 Å². The molecule has 4 N–H and O–H groups in total. The summed E-state index contributed by atoms with van der Waals surface area (Å²) in [7, 11) is 0. The molecule has 2 aromatic rings. The molecule has 0 atom stereocenters. The van der Waals surface area contributed by atoms with Crippen molar-refractivity contribution in [1.82, 2.24) is 9.97 Å². The van der Waals surface area contributed by atoms with Gasteiger partial charge in [0.1, 0.15) is 11.4 Å². The normalized spacial score (nSPS) is 11.2. The Labute approximate surface area is 121 Å². The maximum absolute atomic E-state index is 13.7. The van der Waals surface area contributed by atoms with E-state index >= 15 is 0 Å². The highest BCUT2D eigenvalue weighted by Crippen LogP contribution is 2.24. The van der Waals surface area contributed by atoms with E-state index in [4.69, 9.17) is 10.5 Å². The first kappa shape index (κ1) is 14.8. The van der Waals surface area contributed by atoms with Crippen molar-refractivity contribution in [3.63, 3.8) is 0 Å². The van der Waals surface area contributed by atoms with E-state index in [1.165, 1.54) is 24.4 Å². The molecule has 0 unspecified atom stereocenters. The number of hydrogen-bond donors (Lipinski definition) is 3. The molecule has 21 heavy (non-hydrogen) atoms. The lowest BCUT2D eigenvalue weighted by atomic mass is 10.1. The van der Waals surface area contributed by atoms with E-state index in [0.29, 0.717) is 11.4 Å². The van der Waals surface area contributed by atoms with Crippen molar-refractivity contribution in [2.24, 2.45) is 0 Å². The van der Waals surface area contributed by atoms with Crippen LogP contribution in [0.3, 0.4) is 0 Å². The molecule has 1 heterocycles. The number of nitrogens with one attached hydrogen (secondary N) is 2. The van der Waals surface area contributed by atoms with Gasteiger partial charge in [0.2, 0.25) is 5.95 Å². The average Bonchev–Trinajstić information content (AvgIpc) is 2.78. The third kappa shape index (κ3) is 3.95. The maximum atomic E-state index is 13.7. The van der Waals surface area contributed by atoms with Gasteiger partial charge in [-0.15, -0.1) is 0 Å². The summed E-state index contributed by atoms with van der Waals surface area (Å²) in [5, 5.41) is 2.44. The number of rotatable bonds is 2. The van der Waals surface area contributed by atoms with E-state index < -0.39 is 17.5 Å². The van der Waals surface area contributed by atoms with Crippen LogP contribution in [0.15, 0.2) is 24.4 Å². The van der Waals surface area contributed by atoms with Crippen LogP contribution in [0.5, 0.6) is 0 Å². The summed E-state index contributed by atoms with van der Waals surface area (Å²) >= 11 is 0. The number of ether oxygens (including phenoxy) is 1. The molecule has 0 aliphatic heterocycles. The number of nitrogens with zero attached hydrogens (tertiary/aromatic N) is 1. The van der Waals surface area contributed by atoms with Crippen LogP contribution in [-0.2, 0) is 4.74 Å². The van der Waals surface area contributed by atoms with Gasteiger partial charge in [-0.05, 0) is 39.0 Å². The number of hydrogen-bond acceptors (Lipinski definition) is 4. The van der Waals surface area contributed by atoms with E-state index in [9.17, 15) is 9.18 Å². The molecule has 1 amide bonds. The lowest BCUT2D eigenvalue weighted by Crippen LogP contribution is -2.27. The zero-order valence-corrected chi connectivity index (χ0v) is 12.0. The second-order valence-corrected chi connectivity index (χ2v) is 5.51. The summed E-state index contributed by atoms with van der Waals surface area (Å²) in [4.78, 5) is 18.4. The second-order valence-electron chi connectivity index (χ2n) is 5.51. The lowest BCUT2D eigenvalue weighted by Gasteiger charge is -2.18. The molecule has 6 nitrogen and oxygen atoms in total. The number of aromatic nitrogens is 2. The first-order chi connectivity index (χ1) is 9.74. The number of nitrogens with two attached hydrogens (primary N) is 1. The van der Waals surface area contributed by atoms with Gasteiger partial charge < -0.3 is 15.5 Å². The van der Waals surface area contributed by atoms with Crippen LogP contribution in [-0.4, -0.2) is 21.7 Å². The summed E-state index contributed by atoms with van der Waals surface area (Å²) in [5.41, 5.74) is 6.14. The maximum Gasteiger partial charge on any atom is 0.414 e. The van der Waals surface area contributed by atoms with Gasteiger partial charge in [0, 0.05) is 11.3 Å². The van der Waals surface area contributed by atoms with Crippen LogP contribution >= 0.6 is 0 Å². The molecule has 7 heteroatoms. The fourth-order valence-corrected chi connectivity index (χ4v) is 1.67. The van der Waals surface area contributed by atoms with Gasteiger partial charge in [-0.1, -0.05) is 0 Å². The smallest absolute Gasteiger partial charge is 0.414 e. The molecule has 1 aromatic heterocycles. The largest absolute Gasteiger partial charge is 0.444 e. The molecule has 1 aromatic carbocycles. The highest BCUT2D eigenvalue weighted by Gasteiger charge is 2.17. The number of benzene rings is 1. The predicted molar refractivity (Wildman–Crippen MR) is 78.3 cm³/mol. The standard InChI is InChI=1S/C14H17FN4O2/c1-14(2,3)21-13(20)19-12-17-7-11(18-12)9-6-8(16)4-5-10(9)15/h4-7H,16H2,1-3H3,(H2,17,18,19,20). The average molecular weight is 292 g/mol. The summed E-state index contributed by atoms with van der Waals surface area (Å²) in [6.07, 6.45) is 0.765. The monoisotopic (exact) mass is 292 g/mol. The molecule has 2 rings (SSSR count). The molecule has 0 aliphatic rings. The summed E-state index contributed by atoms with van der Waals surface area (Å²) in [6.45, 7) is 5.26. The van der Waals surface area contributed by atoms with Gasteiger partial charge in [-0.2, -0.15) is 0 Å². The Hall–Kier alpha value is -2.57. The van der Waals surface area contributed by atoms with Crippen LogP contribution in [0.25, 0.3) is 11.3 Å². The number of anilines is 2. The van der Waals surface area contributed by atoms with Crippen LogP contribution in [0.1, 0.15) is 20.8 Å².